The summed E-state index contributed by atoms with van der Waals surface area (Å²) in [7, 11) is 1.81. The van der Waals surface area contributed by atoms with Gasteiger partial charge in [-0.3, -0.25) is 0 Å². The molecule has 0 N–H and O–H groups in total. The summed E-state index contributed by atoms with van der Waals surface area (Å²) in [5.41, 5.74) is 0.464. The maximum absolute atomic E-state index is 8.79. The highest BCUT2D eigenvalue weighted by molar-refractivity contribution is 6.29. The van der Waals surface area contributed by atoms with E-state index in [1.54, 1.807) is 11.0 Å². The molecule has 0 bridgehead atoms. The molecule has 16 heavy (non-hydrogen) atoms. The molecule has 1 unspecified atom stereocenters. The molecule has 0 saturated heterocycles. The molecule has 0 saturated carbocycles. The van der Waals surface area contributed by atoms with Crippen molar-refractivity contribution in [2.24, 2.45) is 5.92 Å². The highest BCUT2D eigenvalue weighted by atomic mass is 35.5. The van der Waals surface area contributed by atoms with E-state index in [4.69, 9.17) is 22.1 Å². The number of hydrogen-bond donors (Lipinski definition) is 0. The van der Waals surface area contributed by atoms with Crippen molar-refractivity contribution >= 4 is 17.4 Å². The van der Waals surface area contributed by atoms with Crippen LogP contribution in [0.5, 0.6) is 0 Å². The fourth-order valence-electron chi connectivity index (χ4n) is 1.29. The molecule has 1 heterocycles. The summed E-state index contributed by atoms with van der Waals surface area (Å²) in [5.74, 6) is 0.502. The molecule has 82 valence electrons. The van der Waals surface area contributed by atoms with Crippen LogP contribution in [0.2, 0.25) is 5.15 Å². The molecule has 0 aliphatic carbocycles. The summed E-state index contributed by atoms with van der Waals surface area (Å²) >= 11 is 5.79. The van der Waals surface area contributed by atoms with E-state index in [0.717, 1.165) is 0 Å². The summed E-state index contributed by atoms with van der Waals surface area (Å²) in [5, 5.41) is 17.8. The lowest BCUT2D eigenvalue weighted by Gasteiger charge is -2.19. The second kappa shape index (κ2) is 5.34. The van der Waals surface area contributed by atoms with Crippen molar-refractivity contribution in [1.82, 2.24) is 4.98 Å². The fraction of sp³-hybridized carbons (Fsp3) is 0.364. The van der Waals surface area contributed by atoms with Gasteiger partial charge in [-0.25, -0.2) is 4.98 Å². The summed E-state index contributed by atoms with van der Waals surface area (Å²) in [6.45, 7) is 2.38. The minimum absolute atomic E-state index is 0.101. The number of pyridine rings is 1. The molecule has 1 rings (SSSR count). The van der Waals surface area contributed by atoms with Gasteiger partial charge in [0.15, 0.2) is 0 Å². The zero-order chi connectivity index (χ0) is 12.1. The van der Waals surface area contributed by atoms with Crippen LogP contribution in [-0.4, -0.2) is 18.6 Å². The maximum Gasteiger partial charge on any atom is 0.132 e. The van der Waals surface area contributed by atoms with Gasteiger partial charge in [0.25, 0.3) is 0 Å². The van der Waals surface area contributed by atoms with Crippen LogP contribution in [0.1, 0.15) is 12.5 Å². The van der Waals surface area contributed by atoms with Gasteiger partial charge in [0, 0.05) is 13.6 Å². The summed E-state index contributed by atoms with van der Waals surface area (Å²) in [6.07, 6.45) is 0. The number of anilines is 1. The Hall–Kier alpha value is -1.78. The van der Waals surface area contributed by atoms with Crippen molar-refractivity contribution in [3.05, 3.63) is 22.8 Å². The van der Waals surface area contributed by atoms with Crippen LogP contribution in [0.4, 0.5) is 5.82 Å². The molecule has 0 spiro atoms. The average molecular weight is 235 g/mol. The zero-order valence-corrected chi connectivity index (χ0v) is 9.86. The van der Waals surface area contributed by atoms with E-state index in [0.29, 0.717) is 17.9 Å². The van der Waals surface area contributed by atoms with Crippen LogP contribution in [-0.2, 0) is 0 Å². The number of nitriles is 2. The van der Waals surface area contributed by atoms with E-state index in [1.165, 1.54) is 6.07 Å². The third-order valence-electron chi connectivity index (χ3n) is 2.07. The first-order valence-electron chi connectivity index (χ1n) is 4.75. The second-order valence-corrected chi connectivity index (χ2v) is 3.95. The molecule has 4 nitrogen and oxygen atoms in total. The Labute approximate surface area is 99.7 Å². The first-order chi connectivity index (χ1) is 7.56. The maximum atomic E-state index is 8.79. The van der Waals surface area contributed by atoms with Gasteiger partial charge in [0.2, 0.25) is 0 Å². The van der Waals surface area contributed by atoms with Crippen LogP contribution in [0.15, 0.2) is 12.1 Å². The van der Waals surface area contributed by atoms with Gasteiger partial charge in [0.05, 0.1) is 23.6 Å². The molecular formula is C11H11ClN4. The van der Waals surface area contributed by atoms with Gasteiger partial charge in [-0.15, -0.1) is 0 Å². The Bertz CT molecular complexity index is 458. The van der Waals surface area contributed by atoms with Crippen molar-refractivity contribution in [3.63, 3.8) is 0 Å². The van der Waals surface area contributed by atoms with E-state index in [1.807, 2.05) is 20.0 Å². The molecule has 0 aliphatic heterocycles. The van der Waals surface area contributed by atoms with Crippen molar-refractivity contribution < 1.29 is 0 Å². The molecule has 5 heteroatoms. The van der Waals surface area contributed by atoms with E-state index in [-0.39, 0.29) is 11.1 Å². The third kappa shape index (κ3) is 3.12. The summed E-state index contributed by atoms with van der Waals surface area (Å²) in [6, 6.07) is 7.31. The largest absolute Gasteiger partial charge is 0.358 e. The van der Waals surface area contributed by atoms with Crippen LogP contribution >= 0.6 is 11.6 Å². The Morgan fingerprint density at radius 1 is 1.50 bits per heavy atom. The summed E-state index contributed by atoms with van der Waals surface area (Å²) in [4.78, 5) is 5.91. The van der Waals surface area contributed by atoms with Gasteiger partial charge in [-0.2, -0.15) is 10.5 Å². The zero-order valence-electron chi connectivity index (χ0n) is 9.11. The lowest BCUT2D eigenvalue weighted by atomic mass is 10.2. The van der Waals surface area contributed by atoms with Gasteiger partial charge < -0.3 is 4.90 Å². The standard InChI is InChI=1S/C11H11ClN4/c1-8(5-13)7-16(2)11-4-9(6-14)3-10(12)15-11/h3-4,8H,7H2,1-2H3. The van der Waals surface area contributed by atoms with Crippen molar-refractivity contribution in [2.75, 3.05) is 18.5 Å². The average Bonchev–Trinajstić information content (AvgIpc) is 2.27. The van der Waals surface area contributed by atoms with E-state index >= 15 is 0 Å². The van der Waals surface area contributed by atoms with Crippen molar-refractivity contribution in [3.8, 4) is 12.1 Å². The lowest BCUT2D eigenvalue weighted by molar-refractivity contribution is 0.710. The number of aromatic nitrogens is 1. The minimum atomic E-state index is -0.101. The van der Waals surface area contributed by atoms with Gasteiger partial charge in [0.1, 0.15) is 11.0 Å². The molecule has 1 aromatic rings. The summed E-state index contributed by atoms with van der Waals surface area (Å²) < 4.78 is 0. The predicted octanol–water partition coefficient (Wildman–Crippen LogP) is 2.20. The quantitative estimate of drug-likeness (QED) is 0.753. The van der Waals surface area contributed by atoms with Crippen LogP contribution in [0.3, 0.4) is 0 Å². The topological polar surface area (TPSA) is 63.7 Å². The van der Waals surface area contributed by atoms with E-state index in [9.17, 15) is 0 Å². The fourth-order valence-corrected chi connectivity index (χ4v) is 1.49. The minimum Gasteiger partial charge on any atom is -0.358 e. The van der Waals surface area contributed by atoms with Crippen molar-refractivity contribution in [1.29, 1.82) is 10.5 Å². The molecule has 0 aromatic carbocycles. The van der Waals surface area contributed by atoms with E-state index < -0.39 is 0 Å². The number of rotatable bonds is 3. The second-order valence-electron chi connectivity index (χ2n) is 3.56. The van der Waals surface area contributed by atoms with Crippen LogP contribution in [0, 0.1) is 28.6 Å². The molecule has 0 radical (unpaired) electrons. The third-order valence-corrected chi connectivity index (χ3v) is 2.26. The van der Waals surface area contributed by atoms with Gasteiger partial charge in [-0.1, -0.05) is 11.6 Å². The SMILES string of the molecule is CC(C#N)CN(C)c1cc(C#N)cc(Cl)n1. The Morgan fingerprint density at radius 3 is 2.75 bits per heavy atom. The monoisotopic (exact) mass is 234 g/mol. The molecule has 1 aromatic heterocycles. The highest BCUT2D eigenvalue weighted by Gasteiger charge is 2.09. The highest BCUT2D eigenvalue weighted by Crippen LogP contribution is 2.17. The van der Waals surface area contributed by atoms with Crippen LogP contribution < -0.4 is 4.90 Å². The first kappa shape index (κ1) is 12.3. The number of nitrogens with zero attached hydrogens (tertiary/aromatic N) is 4. The Balaban J connectivity index is 2.92. The Kier molecular flexibility index (Phi) is 4.10. The Morgan fingerprint density at radius 2 is 2.19 bits per heavy atom. The van der Waals surface area contributed by atoms with E-state index in [2.05, 4.69) is 11.1 Å². The first-order valence-corrected chi connectivity index (χ1v) is 5.13. The van der Waals surface area contributed by atoms with Gasteiger partial charge >= 0.3 is 0 Å². The molecular weight excluding hydrogens is 224 g/mol. The van der Waals surface area contributed by atoms with Crippen molar-refractivity contribution in [2.45, 2.75) is 6.92 Å². The van der Waals surface area contributed by atoms with Crippen LogP contribution in [0.25, 0.3) is 0 Å². The smallest absolute Gasteiger partial charge is 0.132 e. The van der Waals surface area contributed by atoms with Gasteiger partial charge in [-0.05, 0) is 19.1 Å². The number of hydrogen-bond acceptors (Lipinski definition) is 4. The predicted molar refractivity (Wildman–Crippen MR) is 62.0 cm³/mol. The molecule has 0 amide bonds. The molecule has 0 fully saturated rings. The number of halogens is 1. The normalized spacial score (nSPS) is 11.3. The lowest BCUT2D eigenvalue weighted by Crippen LogP contribution is -2.24. The molecule has 0 aliphatic rings. The molecule has 1 atom stereocenters.